The fraction of sp³-hybridized carbons (Fsp3) is 0.294. The van der Waals surface area contributed by atoms with Gasteiger partial charge in [-0.3, -0.25) is 0 Å². The van der Waals surface area contributed by atoms with Crippen LogP contribution in [0.1, 0.15) is 17.0 Å². The Kier molecular flexibility index (Phi) is 5.51. The maximum absolute atomic E-state index is 6.11. The quantitative estimate of drug-likeness (QED) is 0.887. The number of hydrogen-bond acceptors (Lipinski definition) is 2. The van der Waals surface area contributed by atoms with Gasteiger partial charge in [-0.15, -0.1) is 0 Å². The van der Waals surface area contributed by atoms with E-state index in [2.05, 4.69) is 29.2 Å². The molecule has 1 atom stereocenters. The van der Waals surface area contributed by atoms with Crippen LogP contribution >= 0.6 is 23.2 Å². The molecule has 0 spiro atoms. The van der Waals surface area contributed by atoms with Crippen LogP contribution in [-0.2, 0) is 6.42 Å². The lowest BCUT2D eigenvalue weighted by Crippen LogP contribution is -2.15. The lowest BCUT2D eigenvalue weighted by Gasteiger charge is -2.18. The third-order valence-electron chi connectivity index (χ3n) is 3.61. The van der Waals surface area contributed by atoms with Gasteiger partial charge >= 0.3 is 0 Å². The summed E-state index contributed by atoms with van der Waals surface area (Å²) in [4.78, 5) is 2.10. The molecule has 0 aromatic heterocycles. The Morgan fingerprint density at radius 3 is 2.43 bits per heavy atom. The summed E-state index contributed by atoms with van der Waals surface area (Å²) < 4.78 is 0. The van der Waals surface area contributed by atoms with Crippen molar-refractivity contribution in [2.75, 3.05) is 25.5 Å². The smallest absolute Gasteiger partial charge is 0.0595 e. The Balaban J connectivity index is 2.22. The molecule has 2 rings (SSSR count). The molecule has 0 heterocycles. The summed E-state index contributed by atoms with van der Waals surface area (Å²) in [5.74, 6) is 0.233. The molecule has 2 aromatic rings. The summed E-state index contributed by atoms with van der Waals surface area (Å²) >= 11 is 12.1. The molecule has 0 radical (unpaired) electrons. The molecule has 0 amide bonds. The van der Waals surface area contributed by atoms with Crippen molar-refractivity contribution >= 4 is 28.9 Å². The number of benzene rings is 2. The zero-order valence-electron chi connectivity index (χ0n) is 12.3. The van der Waals surface area contributed by atoms with Crippen LogP contribution in [-0.4, -0.2) is 20.6 Å². The van der Waals surface area contributed by atoms with Gasteiger partial charge < -0.3 is 10.6 Å². The maximum Gasteiger partial charge on any atom is 0.0595 e. The van der Waals surface area contributed by atoms with Crippen LogP contribution in [0.5, 0.6) is 0 Å². The Morgan fingerprint density at radius 1 is 1.05 bits per heavy atom. The highest BCUT2D eigenvalue weighted by Crippen LogP contribution is 2.28. The number of hydrogen-bond donors (Lipinski definition) is 1. The molecule has 0 aliphatic heterocycles. The van der Waals surface area contributed by atoms with Gasteiger partial charge in [0, 0.05) is 25.7 Å². The first-order valence-electron chi connectivity index (χ1n) is 6.92. The van der Waals surface area contributed by atoms with E-state index in [4.69, 9.17) is 28.9 Å². The van der Waals surface area contributed by atoms with Crippen LogP contribution in [0.2, 0.25) is 10.0 Å². The molecule has 0 aliphatic rings. The fourth-order valence-electron chi connectivity index (χ4n) is 2.35. The standard InChI is InChI=1S/C17H20Cl2N2/c1-21(2)15-5-3-4-12(9-15)8-14(11-20)13-6-7-16(18)17(19)10-13/h3-7,9-10,14H,8,11,20H2,1-2H3. The van der Waals surface area contributed by atoms with Gasteiger partial charge in [-0.1, -0.05) is 41.4 Å². The number of anilines is 1. The lowest BCUT2D eigenvalue weighted by molar-refractivity contribution is 0.694. The minimum Gasteiger partial charge on any atom is -0.378 e. The molecule has 4 heteroatoms. The van der Waals surface area contributed by atoms with Crippen LogP contribution in [0.3, 0.4) is 0 Å². The van der Waals surface area contributed by atoms with Gasteiger partial charge in [-0.05, 0) is 48.4 Å². The molecule has 2 N–H and O–H groups in total. The highest BCUT2D eigenvalue weighted by Gasteiger charge is 2.13. The van der Waals surface area contributed by atoms with Gasteiger partial charge in [0.05, 0.1) is 10.0 Å². The van der Waals surface area contributed by atoms with E-state index < -0.39 is 0 Å². The summed E-state index contributed by atoms with van der Waals surface area (Å²) in [5.41, 5.74) is 9.54. The summed E-state index contributed by atoms with van der Waals surface area (Å²) in [6, 6.07) is 14.2. The van der Waals surface area contributed by atoms with Crippen molar-refractivity contribution in [3.63, 3.8) is 0 Å². The monoisotopic (exact) mass is 322 g/mol. The zero-order valence-corrected chi connectivity index (χ0v) is 13.8. The first-order chi connectivity index (χ1) is 10.0. The Bertz CT molecular complexity index is 611. The van der Waals surface area contributed by atoms with Gasteiger partial charge in [0.2, 0.25) is 0 Å². The first kappa shape index (κ1) is 16.2. The normalized spacial score (nSPS) is 12.2. The van der Waals surface area contributed by atoms with Gasteiger partial charge in [0.15, 0.2) is 0 Å². The van der Waals surface area contributed by atoms with Gasteiger partial charge in [-0.2, -0.15) is 0 Å². The summed E-state index contributed by atoms with van der Waals surface area (Å²) in [7, 11) is 4.08. The minimum atomic E-state index is 0.233. The second kappa shape index (κ2) is 7.17. The lowest BCUT2D eigenvalue weighted by atomic mass is 9.92. The van der Waals surface area contributed by atoms with E-state index in [1.54, 1.807) is 0 Å². The van der Waals surface area contributed by atoms with Crippen LogP contribution in [0, 0.1) is 0 Å². The number of nitrogens with two attached hydrogens (primary N) is 1. The third-order valence-corrected chi connectivity index (χ3v) is 4.35. The number of rotatable bonds is 5. The predicted octanol–water partition coefficient (Wildman–Crippen LogP) is 4.34. The van der Waals surface area contributed by atoms with Crippen molar-refractivity contribution in [2.45, 2.75) is 12.3 Å². The largest absolute Gasteiger partial charge is 0.378 e. The summed E-state index contributed by atoms with van der Waals surface area (Å²) in [6.45, 7) is 0.574. The molecule has 2 nitrogen and oxygen atoms in total. The molecule has 21 heavy (non-hydrogen) atoms. The molecule has 1 unspecified atom stereocenters. The SMILES string of the molecule is CN(C)c1cccc(CC(CN)c2ccc(Cl)c(Cl)c2)c1. The van der Waals surface area contributed by atoms with Gasteiger partial charge in [0.25, 0.3) is 0 Å². The molecular weight excluding hydrogens is 303 g/mol. The van der Waals surface area contributed by atoms with E-state index in [1.807, 2.05) is 32.3 Å². The minimum absolute atomic E-state index is 0.233. The highest BCUT2D eigenvalue weighted by molar-refractivity contribution is 6.42. The van der Waals surface area contributed by atoms with E-state index in [-0.39, 0.29) is 5.92 Å². The van der Waals surface area contributed by atoms with E-state index >= 15 is 0 Å². The topological polar surface area (TPSA) is 29.3 Å². The number of halogens is 2. The molecule has 0 saturated heterocycles. The van der Waals surface area contributed by atoms with E-state index in [0.717, 1.165) is 12.0 Å². The summed E-state index contributed by atoms with van der Waals surface area (Å²) in [6.07, 6.45) is 0.885. The third kappa shape index (κ3) is 4.13. The predicted molar refractivity (Wildman–Crippen MR) is 92.7 cm³/mol. The average molecular weight is 323 g/mol. The Labute approximate surface area is 136 Å². The molecular formula is C17H20Cl2N2. The Hall–Kier alpha value is -1.22. The fourth-order valence-corrected chi connectivity index (χ4v) is 2.66. The molecule has 2 aromatic carbocycles. The van der Waals surface area contributed by atoms with Gasteiger partial charge in [-0.25, -0.2) is 0 Å². The highest BCUT2D eigenvalue weighted by atomic mass is 35.5. The number of nitrogens with zero attached hydrogens (tertiary/aromatic N) is 1. The molecule has 0 saturated carbocycles. The van der Waals surface area contributed by atoms with Crippen LogP contribution < -0.4 is 10.6 Å². The Morgan fingerprint density at radius 2 is 1.81 bits per heavy atom. The van der Waals surface area contributed by atoms with E-state index in [9.17, 15) is 0 Å². The van der Waals surface area contributed by atoms with Crippen molar-refractivity contribution < 1.29 is 0 Å². The molecule has 0 aliphatic carbocycles. The maximum atomic E-state index is 6.11. The van der Waals surface area contributed by atoms with Crippen LogP contribution in [0.15, 0.2) is 42.5 Å². The van der Waals surface area contributed by atoms with Gasteiger partial charge in [0.1, 0.15) is 0 Å². The van der Waals surface area contributed by atoms with Crippen molar-refractivity contribution in [1.82, 2.24) is 0 Å². The van der Waals surface area contributed by atoms with E-state index in [1.165, 1.54) is 11.3 Å². The zero-order chi connectivity index (χ0) is 15.4. The second-order valence-corrected chi connectivity index (χ2v) is 6.19. The summed E-state index contributed by atoms with van der Waals surface area (Å²) in [5, 5.41) is 1.15. The molecule has 112 valence electrons. The van der Waals surface area contributed by atoms with E-state index in [0.29, 0.717) is 16.6 Å². The van der Waals surface area contributed by atoms with Crippen molar-refractivity contribution in [3.05, 3.63) is 63.6 Å². The molecule has 0 fully saturated rings. The molecule has 0 bridgehead atoms. The van der Waals surface area contributed by atoms with Crippen molar-refractivity contribution in [3.8, 4) is 0 Å². The van der Waals surface area contributed by atoms with Crippen LogP contribution in [0.4, 0.5) is 5.69 Å². The van der Waals surface area contributed by atoms with Crippen LogP contribution in [0.25, 0.3) is 0 Å². The van der Waals surface area contributed by atoms with Crippen molar-refractivity contribution in [1.29, 1.82) is 0 Å². The van der Waals surface area contributed by atoms with Crippen molar-refractivity contribution in [2.24, 2.45) is 5.73 Å². The first-order valence-corrected chi connectivity index (χ1v) is 7.68. The average Bonchev–Trinajstić information content (AvgIpc) is 2.48. The second-order valence-electron chi connectivity index (χ2n) is 5.37.